The highest BCUT2D eigenvalue weighted by Gasteiger charge is 2.10. The van der Waals surface area contributed by atoms with Gasteiger partial charge in [-0.25, -0.2) is 9.78 Å². The van der Waals surface area contributed by atoms with Crippen molar-refractivity contribution in [2.75, 3.05) is 0 Å². The van der Waals surface area contributed by atoms with Crippen molar-refractivity contribution >= 4 is 28.2 Å². The Balaban J connectivity index is 1.87. The van der Waals surface area contributed by atoms with Crippen LogP contribution >= 0.6 is 11.3 Å². The Kier molecular flexibility index (Phi) is 2.34. The van der Waals surface area contributed by atoms with Crippen LogP contribution in [-0.2, 0) is 0 Å². The van der Waals surface area contributed by atoms with E-state index in [1.807, 2.05) is 6.07 Å². The Morgan fingerprint density at radius 1 is 1.41 bits per heavy atom. The van der Waals surface area contributed by atoms with E-state index in [9.17, 15) is 4.79 Å². The summed E-state index contributed by atoms with van der Waals surface area (Å²) in [6.07, 6.45) is 1.68. The lowest BCUT2D eigenvalue weighted by molar-refractivity contribution is 0.0729. The molecule has 0 unspecified atom stereocenters. The van der Waals surface area contributed by atoms with Crippen LogP contribution in [0.3, 0.4) is 0 Å². The average molecular weight is 245 g/mol. The SMILES string of the molecule is O=C(Oc1ccc2[nH]ncc2c1)c1cscn1. The smallest absolute Gasteiger partial charge is 0.363 e. The van der Waals surface area contributed by atoms with Crippen LogP contribution in [-0.4, -0.2) is 21.2 Å². The lowest BCUT2D eigenvalue weighted by Gasteiger charge is -2.01. The van der Waals surface area contributed by atoms with Crippen molar-refractivity contribution in [1.29, 1.82) is 0 Å². The summed E-state index contributed by atoms with van der Waals surface area (Å²) < 4.78 is 5.20. The van der Waals surface area contributed by atoms with Crippen molar-refractivity contribution < 1.29 is 9.53 Å². The van der Waals surface area contributed by atoms with Crippen molar-refractivity contribution in [2.24, 2.45) is 0 Å². The first-order chi connectivity index (χ1) is 8.33. The molecule has 5 nitrogen and oxygen atoms in total. The minimum Gasteiger partial charge on any atom is -0.422 e. The summed E-state index contributed by atoms with van der Waals surface area (Å²) in [5.41, 5.74) is 2.82. The molecule has 1 aromatic carbocycles. The Hall–Kier alpha value is -2.21. The number of H-pyrrole nitrogens is 1. The van der Waals surface area contributed by atoms with Gasteiger partial charge < -0.3 is 4.74 Å². The van der Waals surface area contributed by atoms with Gasteiger partial charge in [-0.15, -0.1) is 11.3 Å². The molecule has 0 fully saturated rings. The van der Waals surface area contributed by atoms with Crippen LogP contribution in [0.15, 0.2) is 35.3 Å². The standard InChI is InChI=1S/C11H7N3O2S/c15-11(10-5-17-6-12-10)16-8-1-2-9-7(3-8)4-13-14-9/h1-6H,(H,13,14). The molecule has 2 aromatic heterocycles. The number of carbonyl (C=O) groups excluding carboxylic acids is 1. The van der Waals surface area contributed by atoms with Gasteiger partial charge >= 0.3 is 5.97 Å². The van der Waals surface area contributed by atoms with Crippen LogP contribution < -0.4 is 4.74 Å². The number of ether oxygens (including phenoxy) is 1. The number of nitrogens with one attached hydrogen (secondary N) is 1. The van der Waals surface area contributed by atoms with Crippen LogP contribution in [0.5, 0.6) is 5.75 Å². The Bertz CT molecular complexity index is 660. The monoisotopic (exact) mass is 245 g/mol. The van der Waals surface area contributed by atoms with Gasteiger partial charge in [0, 0.05) is 10.8 Å². The Morgan fingerprint density at radius 3 is 3.18 bits per heavy atom. The molecule has 3 rings (SSSR count). The molecule has 0 saturated carbocycles. The topological polar surface area (TPSA) is 67.9 Å². The fraction of sp³-hybridized carbons (Fsp3) is 0. The van der Waals surface area contributed by atoms with Crippen LogP contribution in [0.25, 0.3) is 10.9 Å². The number of nitrogens with zero attached hydrogens (tertiary/aromatic N) is 2. The molecule has 0 bridgehead atoms. The molecule has 1 N–H and O–H groups in total. The second-order valence-electron chi connectivity index (χ2n) is 3.38. The number of carbonyl (C=O) groups is 1. The van der Waals surface area contributed by atoms with Crippen molar-refractivity contribution in [3.05, 3.63) is 41.0 Å². The molecule has 17 heavy (non-hydrogen) atoms. The molecule has 0 spiro atoms. The number of thiazole rings is 1. The zero-order valence-corrected chi connectivity index (χ0v) is 9.40. The summed E-state index contributed by atoms with van der Waals surface area (Å²) in [5, 5.41) is 9.27. The number of rotatable bonds is 2. The van der Waals surface area contributed by atoms with E-state index >= 15 is 0 Å². The quantitative estimate of drug-likeness (QED) is 0.555. The molecular formula is C11H7N3O2S. The minimum absolute atomic E-state index is 0.322. The lowest BCUT2D eigenvalue weighted by atomic mass is 10.2. The van der Waals surface area contributed by atoms with E-state index in [0.717, 1.165) is 10.9 Å². The summed E-state index contributed by atoms with van der Waals surface area (Å²) in [6.45, 7) is 0. The number of hydrogen-bond acceptors (Lipinski definition) is 5. The second-order valence-corrected chi connectivity index (χ2v) is 4.10. The van der Waals surface area contributed by atoms with Crippen molar-refractivity contribution in [1.82, 2.24) is 15.2 Å². The normalized spacial score (nSPS) is 10.6. The van der Waals surface area contributed by atoms with Crippen LogP contribution in [0.1, 0.15) is 10.5 Å². The number of benzene rings is 1. The highest BCUT2D eigenvalue weighted by atomic mass is 32.1. The molecule has 0 amide bonds. The third-order valence-electron chi connectivity index (χ3n) is 2.26. The van der Waals surface area contributed by atoms with Gasteiger partial charge in [0.1, 0.15) is 5.75 Å². The Morgan fingerprint density at radius 2 is 2.35 bits per heavy atom. The van der Waals surface area contributed by atoms with E-state index in [1.54, 1.807) is 29.2 Å². The summed E-state index contributed by atoms with van der Waals surface area (Å²) >= 11 is 1.36. The maximum Gasteiger partial charge on any atom is 0.363 e. The zero-order valence-electron chi connectivity index (χ0n) is 8.58. The molecule has 2 heterocycles. The van der Waals surface area contributed by atoms with Crippen molar-refractivity contribution in [3.8, 4) is 5.75 Å². The van der Waals surface area contributed by atoms with Crippen molar-refractivity contribution in [2.45, 2.75) is 0 Å². The van der Waals surface area contributed by atoms with Gasteiger partial charge in [-0.05, 0) is 18.2 Å². The minimum atomic E-state index is -0.450. The van der Waals surface area contributed by atoms with Crippen LogP contribution in [0, 0.1) is 0 Å². The number of hydrogen-bond donors (Lipinski definition) is 1. The largest absolute Gasteiger partial charge is 0.422 e. The van der Waals surface area contributed by atoms with Crippen LogP contribution in [0.4, 0.5) is 0 Å². The molecule has 0 aliphatic heterocycles. The second kappa shape index (κ2) is 3.99. The number of aromatic amines is 1. The number of fused-ring (bicyclic) bond motifs is 1. The molecule has 0 radical (unpaired) electrons. The summed E-state index contributed by atoms with van der Waals surface area (Å²) in [4.78, 5) is 15.5. The first-order valence-corrected chi connectivity index (χ1v) is 5.81. The molecule has 3 aromatic rings. The predicted molar refractivity (Wildman–Crippen MR) is 63.2 cm³/mol. The van der Waals surface area contributed by atoms with E-state index in [2.05, 4.69) is 15.2 Å². The average Bonchev–Trinajstić information content (AvgIpc) is 2.99. The van der Waals surface area contributed by atoms with Crippen LogP contribution in [0.2, 0.25) is 0 Å². The fourth-order valence-corrected chi connectivity index (χ4v) is 1.98. The van der Waals surface area contributed by atoms with Gasteiger partial charge in [0.25, 0.3) is 0 Å². The third kappa shape index (κ3) is 1.90. The molecule has 0 aliphatic carbocycles. The molecule has 0 saturated heterocycles. The molecule has 0 aliphatic rings. The molecular weight excluding hydrogens is 238 g/mol. The maximum atomic E-state index is 11.6. The highest BCUT2D eigenvalue weighted by Crippen LogP contribution is 2.19. The summed E-state index contributed by atoms with van der Waals surface area (Å²) in [5.74, 6) is 0.0333. The first-order valence-electron chi connectivity index (χ1n) is 4.86. The maximum absolute atomic E-state index is 11.6. The predicted octanol–water partition coefficient (Wildman–Crippen LogP) is 2.24. The fourth-order valence-electron chi connectivity index (χ4n) is 1.46. The van der Waals surface area contributed by atoms with E-state index < -0.39 is 5.97 Å². The number of esters is 1. The molecule has 0 atom stereocenters. The molecule has 6 heteroatoms. The van der Waals surface area contributed by atoms with E-state index in [-0.39, 0.29) is 0 Å². The zero-order chi connectivity index (χ0) is 11.7. The van der Waals surface area contributed by atoms with Gasteiger partial charge in [-0.3, -0.25) is 5.10 Å². The first kappa shape index (κ1) is 9.98. The van der Waals surface area contributed by atoms with Gasteiger partial charge in [-0.1, -0.05) is 0 Å². The molecule has 84 valence electrons. The number of aromatic nitrogens is 3. The summed E-state index contributed by atoms with van der Waals surface area (Å²) in [6, 6.07) is 5.28. The Labute approximate surface area is 100 Å². The van der Waals surface area contributed by atoms with Gasteiger partial charge in [0.15, 0.2) is 5.69 Å². The highest BCUT2D eigenvalue weighted by molar-refractivity contribution is 7.07. The van der Waals surface area contributed by atoms with Gasteiger partial charge in [0.2, 0.25) is 0 Å². The third-order valence-corrected chi connectivity index (χ3v) is 2.85. The van der Waals surface area contributed by atoms with Gasteiger partial charge in [-0.2, -0.15) is 5.10 Å². The summed E-state index contributed by atoms with van der Waals surface area (Å²) in [7, 11) is 0. The van der Waals surface area contributed by atoms with E-state index in [0.29, 0.717) is 11.4 Å². The van der Waals surface area contributed by atoms with E-state index in [4.69, 9.17) is 4.74 Å². The van der Waals surface area contributed by atoms with E-state index in [1.165, 1.54) is 11.3 Å². The van der Waals surface area contributed by atoms with Crippen molar-refractivity contribution in [3.63, 3.8) is 0 Å². The lowest BCUT2D eigenvalue weighted by Crippen LogP contribution is -2.08. The van der Waals surface area contributed by atoms with Gasteiger partial charge in [0.05, 0.1) is 17.2 Å².